The maximum absolute atomic E-state index is 12.2. The number of piperidine rings is 1. The van der Waals surface area contributed by atoms with Gasteiger partial charge in [0.25, 0.3) is 0 Å². The number of hydrogen-bond donors (Lipinski definition) is 3. The number of carbonyl (C=O) groups is 2. The first kappa shape index (κ1) is 15.8. The maximum Gasteiger partial charge on any atom is 0.223 e. The highest BCUT2D eigenvalue weighted by Gasteiger charge is 2.57. The van der Waals surface area contributed by atoms with Gasteiger partial charge in [0.15, 0.2) is 0 Å². The van der Waals surface area contributed by atoms with E-state index in [9.17, 15) is 9.59 Å². The van der Waals surface area contributed by atoms with Crippen molar-refractivity contribution in [3.63, 3.8) is 0 Å². The van der Waals surface area contributed by atoms with Crippen molar-refractivity contribution < 1.29 is 9.59 Å². The van der Waals surface area contributed by atoms with E-state index < -0.39 is 0 Å². The van der Waals surface area contributed by atoms with E-state index >= 15 is 0 Å². The molecule has 2 saturated carbocycles. The lowest BCUT2D eigenvalue weighted by Crippen LogP contribution is -2.39. The van der Waals surface area contributed by atoms with Gasteiger partial charge in [0.05, 0.1) is 0 Å². The van der Waals surface area contributed by atoms with Crippen molar-refractivity contribution in [1.82, 2.24) is 16.0 Å². The minimum atomic E-state index is 0.0829. The molecule has 5 heteroatoms. The van der Waals surface area contributed by atoms with Crippen molar-refractivity contribution in [1.29, 1.82) is 0 Å². The van der Waals surface area contributed by atoms with Gasteiger partial charge >= 0.3 is 0 Å². The largest absolute Gasteiger partial charge is 0.355 e. The van der Waals surface area contributed by atoms with Gasteiger partial charge in [0.1, 0.15) is 0 Å². The first-order valence-corrected chi connectivity index (χ1v) is 8.97. The van der Waals surface area contributed by atoms with Crippen molar-refractivity contribution >= 4 is 11.8 Å². The summed E-state index contributed by atoms with van der Waals surface area (Å²) in [6.07, 6.45) is 9.63. The van der Waals surface area contributed by atoms with Crippen LogP contribution in [0.3, 0.4) is 0 Å². The van der Waals surface area contributed by atoms with E-state index in [4.69, 9.17) is 0 Å². The fraction of sp³-hybridized carbons (Fsp3) is 0.882. The van der Waals surface area contributed by atoms with Crippen LogP contribution in [0.2, 0.25) is 0 Å². The lowest BCUT2D eigenvalue weighted by molar-refractivity contribution is -0.124. The highest BCUT2D eigenvalue weighted by atomic mass is 16.2. The van der Waals surface area contributed by atoms with E-state index in [1.165, 1.54) is 19.3 Å². The van der Waals surface area contributed by atoms with Crippen molar-refractivity contribution in [2.45, 2.75) is 63.8 Å². The molecule has 1 atom stereocenters. The Morgan fingerprint density at radius 2 is 1.82 bits per heavy atom. The van der Waals surface area contributed by atoms with Gasteiger partial charge in [-0.2, -0.15) is 0 Å². The van der Waals surface area contributed by atoms with Crippen LogP contribution >= 0.6 is 0 Å². The van der Waals surface area contributed by atoms with Crippen LogP contribution in [-0.4, -0.2) is 37.5 Å². The zero-order valence-electron chi connectivity index (χ0n) is 13.5. The lowest BCUT2D eigenvalue weighted by atomic mass is 9.92. The van der Waals surface area contributed by atoms with Crippen LogP contribution in [0.4, 0.5) is 0 Å². The second-order valence-electron chi connectivity index (χ2n) is 7.31. The summed E-state index contributed by atoms with van der Waals surface area (Å²) in [6.45, 7) is 2.55. The zero-order valence-corrected chi connectivity index (χ0v) is 13.5. The molecule has 0 radical (unpaired) electrons. The van der Waals surface area contributed by atoms with Gasteiger partial charge in [-0.15, -0.1) is 0 Å². The molecule has 22 heavy (non-hydrogen) atoms. The van der Waals surface area contributed by atoms with Gasteiger partial charge in [-0.1, -0.05) is 19.3 Å². The average Bonchev–Trinajstić information content (AvgIpc) is 3.22. The molecule has 2 aliphatic carbocycles. The predicted molar refractivity (Wildman–Crippen MR) is 85.3 cm³/mol. The van der Waals surface area contributed by atoms with Crippen molar-refractivity contribution in [3.05, 3.63) is 0 Å². The molecule has 1 saturated heterocycles. The second-order valence-corrected chi connectivity index (χ2v) is 7.31. The van der Waals surface area contributed by atoms with Gasteiger partial charge in [-0.3, -0.25) is 9.59 Å². The molecular formula is C17H29N3O2. The third-order valence-corrected chi connectivity index (χ3v) is 5.73. The molecule has 3 fully saturated rings. The standard InChI is InChI=1S/C17H29N3O2/c21-15(20-13-4-2-1-3-5-13)6-9-19-16(22)14-12-17(14)7-10-18-11-8-17/h13-14,18H,1-12H2,(H,19,22)(H,20,21). The Labute approximate surface area is 133 Å². The smallest absolute Gasteiger partial charge is 0.223 e. The first-order chi connectivity index (χ1) is 10.7. The zero-order chi connectivity index (χ0) is 15.4. The molecule has 5 nitrogen and oxygen atoms in total. The van der Waals surface area contributed by atoms with E-state index in [0.717, 1.165) is 45.2 Å². The quantitative estimate of drug-likeness (QED) is 0.718. The van der Waals surface area contributed by atoms with E-state index in [0.29, 0.717) is 19.0 Å². The van der Waals surface area contributed by atoms with Crippen LogP contribution in [0.25, 0.3) is 0 Å². The Balaban J connectivity index is 1.31. The Hall–Kier alpha value is -1.10. The van der Waals surface area contributed by atoms with Crippen LogP contribution in [-0.2, 0) is 9.59 Å². The molecule has 3 rings (SSSR count). The molecular weight excluding hydrogens is 278 g/mol. The fourth-order valence-corrected chi connectivity index (χ4v) is 4.16. The highest BCUT2D eigenvalue weighted by Crippen LogP contribution is 2.58. The monoisotopic (exact) mass is 307 g/mol. The van der Waals surface area contributed by atoms with E-state index in [1.54, 1.807) is 0 Å². The number of carbonyl (C=O) groups excluding carboxylic acids is 2. The molecule has 1 unspecified atom stereocenters. The summed E-state index contributed by atoms with van der Waals surface area (Å²) in [7, 11) is 0. The Kier molecular flexibility index (Phi) is 5.01. The van der Waals surface area contributed by atoms with Gasteiger partial charge in [0.2, 0.25) is 11.8 Å². The summed E-state index contributed by atoms with van der Waals surface area (Å²) in [5.74, 6) is 0.433. The molecule has 3 aliphatic rings. The SMILES string of the molecule is O=C(CCNC(=O)C1CC12CCNCC2)NC1CCCCC1. The Morgan fingerprint density at radius 1 is 1.09 bits per heavy atom. The molecule has 1 heterocycles. The van der Waals surface area contributed by atoms with Crippen LogP contribution in [0.15, 0.2) is 0 Å². The Bertz CT molecular complexity index is 412. The van der Waals surface area contributed by atoms with Crippen molar-refractivity contribution in [2.75, 3.05) is 19.6 Å². The summed E-state index contributed by atoms with van der Waals surface area (Å²) in [6, 6.07) is 0.360. The molecule has 124 valence electrons. The third kappa shape index (κ3) is 3.80. The van der Waals surface area contributed by atoms with Crippen LogP contribution in [0.5, 0.6) is 0 Å². The Morgan fingerprint density at radius 3 is 2.55 bits per heavy atom. The summed E-state index contributed by atoms with van der Waals surface area (Å²) in [4.78, 5) is 24.1. The average molecular weight is 307 g/mol. The van der Waals surface area contributed by atoms with Crippen LogP contribution < -0.4 is 16.0 Å². The molecule has 0 aromatic rings. The number of hydrogen-bond acceptors (Lipinski definition) is 3. The van der Waals surface area contributed by atoms with E-state index in [1.807, 2.05) is 0 Å². The topological polar surface area (TPSA) is 70.2 Å². The molecule has 2 amide bonds. The minimum Gasteiger partial charge on any atom is -0.355 e. The van der Waals surface area contributed by atoms with Gasteiger partial charge in [-0.05, 0) is 50.6 Å². The summed E-state index contributed by atoms with van der Waals surface area (Å²) >= 11 is 0. The number of rotatable bonds is 5. The first-order valence-electron chi connectivity index (χ1n) is 8.97. The maximum atomic E-state index is 12.2. The van der Waals surface area contributed by atoms with Crippen molar-refractivity contribution in [2.24, 2.45) is 11.3 Å². The van der Waals surface area contributed by atoms with E-state index in [-0.39, 0.29) is 23.1 Å². The van der Waals surface area contributed by atoms with Crippen LogP contribution in [0.1, 0.15) is 57.8 Å². The number of nitrogens with one attached hydrogen (secondary N) is 3. The molecule has 1 spiro atoms. The third-order valence-electron chi connectivity index (χ3n) is 5.73. The summed E-state index contributed by atoms with van der Waals surface area (Å²) in [5, 5.41) is 9.41. The molecule has 0 aromatic heterocycles. The molecule has 0 bridgehead atoms. The molecule has 3 N–H and O–H groups in total. The minimum absolute atomic E-state index is 0.0829. The van der Waals surface area contributed by atoms with Gasteiger partial charge in [-0.25, -0.2) is 0 Å². The number of amides is 2. The second kappa shape index (κ2) is 6.99. The normalized spacial score (nSPS) is 27.4. The van der Waals surface area contributed by atoms with Crippen LogP contribution in [0, 0.1) is 11.3 Å². The van der Waals surface area contributed by atoms with Gasteiger partial charge in [0, 0.05) is 24.9 Å². The fourth-order valence-electron chi connectivity index (χ4n) is 4.16. The molecule has 0 aromatic carbocycles. The highest BCUT2D eigenvalue weighted by molar-refractivity contribution is 5.83. The lowest BCUT2D eigenvalue weighted by Gasteiger charge is -2.23. The summed E-state index contributed by atoms with van der Waals surface area (Å²) in [5.41, 5.74) is 0.277. The van der Waals surface area contributed by atoms with Crippen molar-refractivity contribution in [3.8, 4) is 0 Å². The van der Waals surface area contributed by atoms with E-state index in [2.05, 4.69) is 16.0 Å². The summed E-state index contributed by atoms with van der Waals surface area (Å²) < 4.78 is 0. The predicted octanol–water partition coefficient (Wildman–Crippen LogP) is 1.33. The van der Waals surface area contributed by atoms with Gasteiger partial charge < -0.3 is 16.0 Å². The molecule has 1 aliphatic heterocycles.